The standard InChI is InChI=1S/C15H26N2/c1-12(2)15(11-17(4)5)16-10-14-8-6-7-13(3)9-14/h6-9,12,15-16H,10-11H2,1-5H3. The average molecular weight is 234 g/mol. The summed E-state index contributed by atoms with van der Waals surface area (Å²) in [6.45, 7) is 8.74. The van der Waals surface area contributed by atoms with Crippen molar-refractivity contribution in [1.82, 2.24) is 10.2 Å². The summed E-state index contributed by atoms with van der Waals surface area (Å²) in [5.41, 5.74) is 2.70. The van der Waals surface area contributed by atoms with Crippen molar-refractivity contribution in [2.75, 3.05) is 20.6 Å². The molecule has 0 aliphatic rings. The Morgan fingerprint density at radius 1 is 1.24 bits per heavy atom. The summed E-state index contributed by atoms with van der Waals surface area (Å²) in [7, 11) is 4.26. The number of hydrogen-bond donors (Lipinski definition) is 1. The largest absolute Gasteiger partial charge is 0.308 e. The van der Waals surface area contributed by atoms with Gasteiger partial charge in [-0.25, -0.2) is 0 Å². The van der Waals surface area contributed by atoms with Crippen LogP contribution in [0.4, 0.5) is 0 Å². The van der Waals surface area contributed by atoms with E-state index in [9.17, 15) is 0 Å². The third-order valence-electron chi connectivity index (χ3n) is 3.02. The Hall–Kier alpha value is -0.860. The van der Waals surface area contributed by atoms with Gasteiger partial charge in [-0.2, -0.15) is 0 Å². The predicted octanol–water partition coefficient (Wildman–Crippen LogP) is 2.67. The Labute approximate surface area is 106 Å². The minimum Gasteiger partial charge on any atom is -0.308 e. The lowest BCUT2D eigenvalue weighted by atomic mass is 10.0. The highest BCUT2D eigenvalue weighted by molar-refractivity contribution is 5.22. The van der Waals surface area contributed by atoms with Crippen molar-refractivity contribution in [3.8, 4) is 0 Å². The van der Waals surface area contributed by atoms with Gasteiger partial charge in [0.25, 0.3) is 0 Å². The third-order valence-corrected chi connectivity index (χ3v) is 3.02. The second-order valence-electron chi connectivity index (χ2n) is 5.48. The number of rotatable bonds is 6. The van der Waals surface area contributed by atoms with Crippen LogP contribution in [-0.2, 0) is 6.54 Å². The summed E-state index contributed by atoms with van der Waals surface area (Å²) in [4.78, 5) is 2.24. The maximum absolute atomic E-state index is 3.65. The van der Waals surface area contributed by atoms with Gasteiger partial charge in [-0.1, -0.05) is 43.7 Å². The van der Waals surface area contributed by atoms with Gasteiger partial charge in [0, 0.05) is 19.1 Å². The molecule has 1 aromatic carbocycles. The second-order valence-corrected chi connectivity index (χ2v) is 5.48. The molecule has 96 valence electrons. The number of hydrogen-bond acceptors (Lipinski definition) is 2. The summed E-state index contributed by atoms with van der Waals surface area (Å²) in [5.74, 6) is 0.655. The van der Waals surface area contributed by atoms with Crippen LogP contribution in [0.3, 0.4) is 0 Å². The molecule has 1 unspecified atom stereocenters. The van der Waals surface area contributed by atoms with E-state index in [2.05, 4.69) is 69.3 Å². The molecular weight excluding hydrogens is 208 g/mol. The molecule has 0 amide bonds. The molecule has 0 saturated heterocycles. The van der Waals surface area contributed by atoms with Crippen LogP contribution in [-0.4, -0.2) is 31.6 Å². The van der Waals surface area contributed by atoms with Gasteiger partial charge in [-0.05, 0) is 32.5 Å². The minimum absolute atomic E-state index is 0.547. The van der Waals surface area contributed by atoms with E-state index in [0.29, 0.717) is 12.0 Å². The molecule has 1 N–H and O–H groups in total. The smallest absolute Gasteiger partial charge is 0.0220 e. The summed E-state index contributed by atoms with van der Waals surface area (Å²) in [5, 5.41) is 3.65. The number of benzene rings is 1. The van der Waals surface area contributed by atoms with Gasteiger partial charge in [0.05, 0.1) is 0 Å². The topological polar surface area (TPSA) is 15.3 Å². The van der Waals surface area contributed by atoms with Crippen molar-refractivity contribution in [3.63, 3.8) is 0 Å². The van der Waals surface area contributed by atoms with Crippen LogP contribution in [0.2, 0.25) is 0 Å². The lowest BCUT2D eigenvalue weighted by Gasteiger charge is -2.25. The molecule has 0 heterocycles. The van der Waals surface area contributed by atoms with E-state index in [1.807, 2.05) is 0 Å². The van der Waals surface area contributed by atoms with Gasteiger partial charge in [-0.15, -0.1) is 0 Å². The minimum atomic E-state index is 0.547. The van der Waals surface area contributed by atoms with E-state index in [1.165, 1.54) is 11.1 Å². The Kier molecular flexibility index (Phi) is 5.66. The molecule has 0 bridgehead atoms. The maximum Gasteiger partial charge on any atom is 0.0220 e. The highest BCUT2D eigenvalue weighted by atomic mass is 15.1. The van der Waals surface area contributed by atoms with Gasteiger partial charge in [0.2, 0.25) is 0 Å². The Bertz CT molecular complexity index is 331. The maximum atomic E-state index is 3.65. The molecule has 1 atom stereocenters. The summed E-state index contributed by atoms with van der Waals surface area (Å²) in [6, 6.07) is 9.25. The fourth-order valence-electron chi connectivity index (χ4n) is 1.98. The normalized spacial score (nSPS) is 13.4. The van der Waals surface area contributed by atoms with Crippen LogP contribution in [0, 0.1) is 12.8 Å². The Balaban J connectivity index is 2.51. The molecular formula is C15H26N2. The molecule has 0 spiro atoms. The number of likely N-dealkylation sites (N-methyl/N-ethyl adjacent to an activating group) is 1. The Morgan fingerprint density at radius 3 is 2.47 bits per heavy atom. The molecule has 1 rings (SSSR count). The molecule has 0 radical (unpaired) electrons. The third kappa shape index (κ3) is 5.33. The molecule has 0 fully saturated rings. The zero-order valence-corrected chi connectivity index (χ0v) is 11.8. The number of aryl methyl sites for hydroxylation is 1. The van der Waals surface area contributed by atoms with Crippen molar-refractivity contribution in [2.24, 2.45) is 5.92 Å². The summed E-state index contributed by atoms with van der Waals surface area (Å²) < 4.78 is 0. The summed E-state index contributed by atoms with van der Waals surface area (Å²) >= 11 is 0. The van der Waals surface area contributed by atoms with Crippen LogP contribution in [0.5, 0.6) is 0 Å². The average Bonchev–Trinajstić information content (AvgIpc) is 2.23. The fraction of sp³-hybridized carbons (Fsp3) is 0.600. The van der Waals surface area contributed by atoms with Gasteiger partial charge in [0.1, 0.15) is 0 Å². The van der Waals surface area contributed by atoms with Crippen LogP contribution in [0.15, 0.2) is 24.3 Å². The van der Waals surface area contributed by atoms with E-state index in [-0.39, 0.29) is 0 Å². The van der Waals surface area contributed by atoms with Crippen molar-refractivity contribution >= 4 is 0 Å². The van der Waals surface area contributed by atoms with Crippen LogP contribution < -0.4 is 5.32 Å². The van der Waals surface area contributed by atoms with Crippen molar-refractivity contribution < 1.29 is 0 Å². The zero-order chi connectivity index (χ0) is 12.8. The van der Waals surface area contributed by atoms with Gasteiger partial charge in [-0.3, -0.25) is 0 Å². The van der Waals surface area contributed by atoms with Gasteiger partial charge < -0.3 is 10.2 Å². The van der Waals surface area contributed by atoms with Gasteiger partial charge in [0.15, 0.2) is 0 Å². The zero-order valence-electron chi connectivity index (χ0n) is 11.8. The van der Waals surface area contributed by atoms with Gasteiger partial charge >= 0.3 is 0 Å². The molecule has 0 saturated carbocycles. The summed E-state index contributed by atoms with van der Waals surface area (Å²) in [6.07, 6.45) is 0. The molecule has 0 aliphatic heterocycles. The second kappa shape index (κ2) is 6.77. The fourth-order valence-corrected chi connectivity index (χ4v) is 1.98. The first kappa shape index (κ1) is 14.2. The molecule has 17 heavy (non-hydrogen) atoms. The van der Waals surface area contributed by atoms with Crippen molar-refractivity contribution in [1.29, 1.82) is 0 Å². The molecule has 2 heteroatoms. The van der Waals surface area contributed by atoms with E-state index in [0.717, 1.165) is 13.1 Å². The molecule has 0 aliphatic carbocycles. The van der Waals surface area contributed by atoms with E-state index in [1.54, 1.807) is 0 Å². The van der Waals surface area contributed by atoms with E-state index in [4.69, 9.17) is 0 Å². The molecule has 0 aromatic heterocycles. The first-order valence-electron chi connectivity index (χ1n) is 6.42. The molecule has 1 aromatic rings. The van der Waals surface area contributed by atoms with Crippen LogP contribution in [0.1, 0.15) is 25.0 Å². The highest BCUT2D eigenvalue weighted by Crippen LogP contribution is 2.07. The SMILES string of the molecule is Cc1cccc(CNC(CN(C)C)C(C)C)c1. The van der Waals surface area contributed by atoms with Crippen LogP contribution in [0.25, 0.3) is 0 Å². The highest BCUT2D eigenvalue weighted by Gasteiger charge is 2.13. The molecule has 2 nitrogen and oxygen atoms in total. The van der Waals surface area contributed by atoms with Crippen molar-refractivity contribution in [2.45, 2.75) is 33.4 Å². The number of nitrogens with one attached hydrogen (secondary N) is 1. The quantitative estimate of drug-likeness (QED) is 0.814. The van der Waals surface area contributed by atoms with Crippen LogP contribution >= 0.6 is 0 Å². The first-order chi connectivity index (χ1) is 7.99. The van der Waals surface area contributed by atoms with E-state index >= 15 is 0 Å². The monoisotopic (exact) mass is 234 g/mol. The van der Waals surface area contributed by atoms with E-state index < -0.39 is 0 Å². The Morgan fingerprint density at radius 2 is 1.94 bits per heavy atom. The number of nitrogens with zero attached hydrogens (tertiary/aromatic N) is 1. The first-order valence-corrected chi connectivity index (χ1v) is 6.42. The van der Waals surface area contributed by atoms with Crippen molar-refractivity contribution in [3.05, 3.63) is 35.4 Å². The predicted molar refractivity (Wildman–Crippen MR) is 75.2 cm³/mol. The lowest BCUT2D eigenvalue weighted by molar-refractivity contribution is 0.288. The lowest BCUT2D eigenvalue weighted by Crippen LogP contribution is -2.41.